The van der Waals surface area contributed by atoms with Crippen molar-refractivity contribution in [2.24, 2.45) is 0 Å². The van der Waals surface area contributed by atoms with Crippen molar-refractivity contribution in [3.05, 3.63) is 97.1 Å². The van der Waals surface area contributed by atoms with Gasteiger partial charge in [0.1, 0.15) is 18.1 Å². The first kappa shape index (κ1) is 20.0. The lowest BCUT2D eigenvalue weighted by Crippen LogP contribution is -2.00. The van der Waals surface area contributed by atoms with Gasteiger partial charge in [0.25, 0.3) is 0 Å². The molecule has 0 bridgehead atoms. The molecule has 0 atom stereocenters. The van der Waals surface area contributed by atoms with Crippen LogP contribution in [-0.4, -0.2) is 5.78 Å². The average molecular weight is 490 g/mol. The molecule has 0 saturated carbocycles. The molecule has 0 fully saturated rings. The molecule has 0 unspecified atom stereocenters. The van der Waals surface area contributed by atoms with Gasteiger partial charge in [-0.3, -0.25) is 4.79 Å². The zero-order valence-corrected chi connectivity index (χ0v) is 18.4. The highest BCUT2D eigenvalue weighted by Crippen LogP contribution is 2.38. The van der Waals surface area contributed by atoms with Gasteiger partial charge < -0.3 is 9.47 Å². The maximum Gasteiger partial charge on any atom is 0.232 e. The lowest BCUT2D eigenvalue weighted by Gasteiger charge is -2.10. The predicted octanol–water partition coefficient (Wildman–Crippen LogP) is 7.26. The third-order valence-corrected chi connectivity index (χ3v) is 5.64. The molecular formula is C23H15BrCl2O3. The van der Waals surface area contributed by atoms with E-state index in [0.29, 0.717) is 32.9 Å². The normalized spacial score (nSPS) is 14.1. The van der Waals surface area contributed by atoms with Crippen molar-refractivity contribution in [2.45, 2.75) is 13.5 Å². The molecule has 3 nitrogen and oxygen atoms in total. The van der Waals surface area contributed by atoms with Crippen LogP contribution in [0.4, 0.5) is 0 Å². The first-order valence-corrected chi connectivity index (χ1v) is 10.4. The van der Waals surface area contributed by atoms with Crippen molar-refractivity contribution >= 4 is 51.0 Å². The molecule has 0 aliphatic carbocycles. The van der Waals surface area contributed by atoms with Crippen LogP contribution in [0.15, 0.2) is 64.8 Å². The number of hydrogen-bond acceptors (Lipinski definition) is 3. The SMILES string of the molecule is Cc1cc(OCc2ccc(Cl)cc2Cl)cc2c1C(=O)/C(=C/c1ccc(Br)cc1)O2. The van der Waals surface area contributed by atoms with E-state index in [1.165, 1.54) is 0 Å². The maximum atomic E-state index is 12.8. The van der Waals surface area contributed by atoms with Gasteiger partial charge in [0.05, 0.1) is 5.56 Å². The molecule has 0 saturated heterocycles. The van der Waals surface area contributed by atoms with Crippen LogP contribution in [0.25, 0.3) is 6.08 Å². The smallest absolute Gasteiger partial charge is 0.232 e. The van der Waals surface area contributed by atoms with E-state index >= 15 is 0 Å². The molecule has 6 heteroatoms. The Bertz CT molecular complexity index is 1140. The van der Waals surface area contributed by atoms with E-state index in [4.69, 9.17) is 32.7 Å². The van der Waals surface area contributed by atoms with E-state index in [0.717, 1.165) is 21.2 Å². The number of hydrogen-bond donors (Lipinski definition) is 0. The van der Waals surface area contributed by atoms with Crippen LogP contribution in [0.3, 0.4) is 0 Å². The summed E-state index contributed by atoms with van der Waals surface area (Å²) in [5.74, 6) is 1.26. The van der Waals surface area contributed by atoms with Crippen molar-refractivity contribution in [1.29, 1.82) is 0 Å². The van der Waals surface area contributed by atoms with Crippen molar-refractivity contribution in [2.75, 3.05) is 0 Å². The third-order valence-electron chi connectivity index (χ3n) is 4.52. The average Bonchev–Trinajstić information content (AvgIpc) is 2.99. The van der Waals surface area contributed by atoms with Gasteiger partial charge in [-0.15, -0.1) is 0 Å². The van der Waals surface area contributed by atoms with Gasteiger partial charge in [0.15, 0.2) is 5.76 Å². The minimum atomic E-state index is -0.132. The minimum Gasteiger partial charge on any atom is -0.489 e. The topological polar surface area (TPSA) is 35.5 Å². The Hall–Kier alpha value is -2.27. The van der Waals surface area contributed by atoms with Gasteiger partial charge >= 0.3 is 0 Å². The van der Waals surface area contributed by atoms with Gasteiger partial charge in [0.2, 0.25) is 5.78 Å². The predicted molar refractivity (Wildman–Crippen MR) is 119 cm³/mol. The van der Waals surface area contributed by atoms with E-state index < -0.39 is 0 Å². The first-order chi connectivity index (χ1) is 13.9. The lowest BCUT2D eigenvalue weighted by molar-refractivity contribution is 0.101. The summed E-state index contributed by atoms with van der Waals surface area (Å²) in [4.78, 5) is 12.8. The van der Waals surface area contributed by atoms with E-state index in [1.807, 2.05) is 43.3 Å². The largest absolute Gasteiger partial charge is 0.489 e. The van der Waals surface area contributed by atoms with Gasteiger partial charge in [-0.25, -0.2) is 0 Å². The summed E-state index contributed by atoms with van der Waals surface area (Å²) in [6, 6.07) is 16.5. The third kappa shape index (κ3) is 4.35. The number of halogens is 3. The molecule has 146 valence electrons. The van der Waals surface area contributed by atoms with Crippen LogP contribution in [0.1, 0.15) is 27.0 Å². The molecule has 0 amide bonds. The number of ketones is 1. The van der Waals surface area contributed by atoms with Gasteiger partial charge in [-0.2, -0.15) is 0 Å². The summed E-state index contributed by atoms with van der Waals surface area (Å²) in [6.07, 6.45) is 1.74. The number of fused-ring (bicyclic) bond motifs is 1. The Balaban J connectivity index is 1.56. The van der Waals surface area contributed by atoms with Gasteiger partial charge in [0, 0.05) is 26.1 Å². The second kappa shape index (κ2) is 8.23. The molecule has 3 aromatic carbocycles. The van der Waals surface area contributed by atoms with E-state index in [1.54, 1.807) is 24.3 Å². The summed E-state index contributed by atoms with van der Waals surface area (Å²) in [5, 5.41) is 1.12. The molecule has 29 heavy (non-hydrogen) atoms. The highest BCUT2D eigenvalue weighted by molar-refractivity contribution is 9.10. The summed E-state index contributed by atoms with van der Waals surface area (Å²) in [5.41, 5.74) is 3.06. The Kier molecular flexibility index (Phi) is 5.68. The van der Waals surface area contributed by atoms with Crippen molar-refractivity contribution < 1.29 is 14.3 Å². The number of aryl methyl sites for hydroxylation is 1. The van der Waals surface area contributed by atoms with Crippen molar-refractivity contribution in [3.63, 3.8) is 0 Å². The van der Waals surface area contributed by atoms with Crippen LogP contribution in [0.2, 0.25) is 10.0 Å². The standard InChI is InChI=1S/C23H15BrCl2O3/c1-13-8-18(28-12-15-4-7-17(25)10-19(15)26)11-20-22(13)23(27)21(29-20)9-14-2-5-16(24)6-3-14/h2-11H,12H2,1H3/b21-9-. The monoisotopic (exact) mass is 488 g/mol. The fourth-order valence-electron chi connectivity index (χ4n) is 3.07. The van der Waals surface area contributed by atoms with Crippen LogP contribution in [-0.2, 0) is 6.61 Å². The number of Topliss-reactive ketones (excluding diaryl/α,β-unsaturated/α-hetero) is 1. The molecule has 0 N–H and O–H groups in total. The quantitative estimate of drug-likeness (QED) is 0.362. The molecule has 0 aromatic heterocycles. The molecular weight excluding hydrogens is 475 g/mol. The number of benzene rings is 3. The molecule has 3 aromatic rings. The molecule has 1 aliphatic rings. The highest BCUT2D eigenvalue weighted by Gasteiger charge is 2.30. The summed E-state index contributed by atoms with van der Waals surface area (Å²) in [7, 11) is 0. The number of ether oxygens (including phenoxy) is 2. The second-order valence-corrected chi connectivity index (χ2v) is 8.39. The fourth-order valence-corrected chi connectivity index (χ4v) is 3.80. The molecule has 1 heterocycles. The summed E-state index contributed by atoms with van der Waals surface area (Å²) < 4.78 is 12.7. The van der Waals surface area contributed by atoms with E-state index in [-0.39, 0.29) is 12.4 Å². The molecule has 0 radical (unpaired) electrons. The van der Waals surface area contributed by atoms with Crippen molar-refractivity contribution in [1.82, 2.24) is 0 Å². The Morgan fingerprint density at radius 3 is 2.55 bits per heavy atom. The zero-order valence-electron chi connectivity index (χ0n) is 15.3. The molecule has 0 spiro atoms. The molecule has 1 aliphatic heterocycles. The van der Waals surface area contributed by atoms with Crippen molar-refractivity contribution in [3.8, 4) is 11.5 Å². The minimum absolute atomic E-state index is 0.132. The first-order valence-electron chi connectivity index (χ1n) is 8.82. The van der Waals surface area contributed by atoms with Crippen LogP contribution in [0, 0.1) is 6.92 Å². The summed E-state index contributed by atoms with van der Waals surface area (Å²) >= 11 is 15.5. The lowest BCUT2D eigenvalue weighted by atomic mass is 10.0. The number of rotatable bonds is 4. The zero-order chi connectivity index (χ0) is 20.5. The van der Waals surface area contributed by atoms with Crippen LogP contribution in [0.5, 0.6) is 11.5 Å². The fraction of sp³-hybridized carbons (Fsp3) is 0.0870. The number of carbonyl (C=O) groups is 1. The summed E-state index contributed by atoms with van der Waals surface area (Å²) in [6.45, 7) is 2.15. The second-order valence-electron chi connectivity index (χ2n) is 6.63. The number of carbonyl (C=O) groups excluding carboxylic acids is 1. The van der Waals surface area contributed by atoms with Gasteiger partial charge in [-0.1, -0.05) is 57.3 Å². The van der Waals surface area contributed by atoms with E-state index in [2.05, 4.69) is 15.9 Å². The maximum absolute atomic E-state index is 12.8. The van der Waals surface area contributed by atoms with Crippen LogP contribution < -0.4 is 9.47 Å². The van der Waals surface area contributed by atoms with Gasteiger partial charge in [-0.05, 0) is 54.5 Å². The molecule has 4 rings (SSSR count). The van der Waals surface area contributed by atoms with Crippen LogP contribution >= 0.6 is 39.1 Å². The highest BCUT2D eigenvalue weighted by atomic mass is 79.9. The Labute approximate surface area is 187 Å². The van der Waals surface area contributed by atoms with E-state index in [9.17, 15) is 4.79 Å². The Morgan fingerprint density at radius 2 is 1.83 bits per heavy atom. The Morgan fingerprint density at radius 1 is 1.07 bits per heavy atom. The number of allylic oxidation sites excluding steroid dienone is 1.